The van der Waals surface area contributed by atoms with Gasteiger partial charge in [-0.15, -0.1) is 0 Å². The fraction of sp³-hybridized carbons (Fsp3) is 0.318. The Labute approximate surface area is 193 Å². The SMILES string of the molecule is O=C(c1ccc([N+](=O)[O-])cc1)N(Cc1ccc(Cl)c(Cl)c1)N1C(=O)[C@H]2CCCC[C@H]2C1=O. The van der Waals surface area contributed by atoms with Crippen LogP contribution in [0.1, 0.15) is 41.6 Å². The summed E-state index contributed by atoms with van der Waals surface area (Å²) in [6.45, 7) is -0.0936. The zero-order valence-electron chi connectivity index (χ0n) is 16.9. The first-order valence-corrected chi connectivity index (χ1v) is 10.9. The predicted octanol–water partition coefficient (Wildman–Crippen LogP) is 4.63. The number of rotatable bonds is 5. The summed E-state index contributed by atoms with van der Waals surface area (Å²) in [6.07, 6.45) is 2.93. The van der Waals surface area contributed by atoms with E-state index in [1.54, 1.807) is 18.2 Å². The van der Waals surface area contributed by atoms with Crippen LogP contribution < -0.4 is 0 Å². The topological polar surface area (TPSA) is 101 Å². The minimum Gasteiger partial charge on any atom is -0.272 e. The first-order chi connectivity index (χ1) is 15.3. The van der Waals surface area contributed by atoms with E-state index in [0.29, 0.717) is 23.4 Å². The van der Waals surface area contributed by atoms with Crippen molar-refractivity contribution in [2.24, 2.45) is 11.8 Å². The molecule has 32 heavy (non-hydrogen) atoms. The summed E-state index contributed by atoms with van der Waals surface area (Å²) in [5.74, 6) is -2.27. The summed E-state index contributed by atoms with van der Waals surface area (Å²) >= 11 is 12.1. The van der Waals surface area contributed by atoms with Crippen molar-refractivity contribution in [2.45, 2.75) is 32.2 Å². The Hall–Kier alpha value is -2.97. The highest BCUT2D eigenvalue weighted by Crippen LogP contribution is 2.39. The summed E-state index contributed by atoms with van der Waals surface area (Å²) < 4.78 is 0. The lowest BCUT2D eigenvalue weighted by Crippen LogP contribution is -2.49. The van der Waals surface area contributed by atoms with Gasteiger partial charge in [0.1, 0.15) is 0 Å². The van der Waals surface area contributed by atoms with Gasteiger partial charge in [0.15, 0.2) is 0 Å². The average Bonchev–Trinajstić information content (AvgIpc) is 3.04. The lowest BCUT2D eigenvalue weighted by molar-refractivity contribution is -0.384. The van der Waals surface area contributed by atoms with Crippen LogP contribution in [-0.4, -0.2) is 32.7 Å². The molecule has 0 unspecified atom stereocenters. The molecule has 10 heteroatoms. The summed E-state index contributed by atoms with van der Waals surface area (Å²) in [7, 11) is 0. The molecule has 0 radical (unpaired) electrons. The molecule has 0 bridgehead atoms. The molecule has 8 nitrogen and oxygen atoms in total. The second kappa shape index (κ2) is 8.88. The molecule has 0 aromatic heterocycles. The predicted molar refractivity (Wildman–Crippen MR) is 117 cm³/mol. The van der Waals surface area contributed by atoms with Crippen LogP contribution in [0.4, 0.5) is 5.69 Å². The number of benzene rings is 2. The summed E-state index contributed by atoms with van der Waals surface area (Å²) in [4.78, 5) is 50.1. The number of halogens is 2. The molecule has 1 heterocycles. The Morgan fingerprint density at radius 2 is 1.59 bits per heavy atom. The van der Waals surface area contributed by atoms with Gasteiger partial charge in [-0.2, -0.15) is 5.01 Å². The lowest BCUT2D eigenvalue weighted by atomic mass is 9.81. The smallest absolute Gasteiger partial charge is 0.272 e. The number of amides is 3. The Morgan fingerprint density at radius 1 is 1.00 bits per heavy atom. The number of imide groups is 1. The quantitative estimate of drug-likeness (QED) is 0.356. The maximum atomic E-state index is 13.4. The first kappa shape index (κ1) is 22.2. The maximum absolute atomic E-state index is 13.4. The minimum atomic E-state index is -0.619. The van der Waals surface area contributed by atoms with E-state index in [4.69, 9.17) is 23.2 Å². The number of fused-ring (bicyclic) bond motifs is 1. The molecule has 1 aliphatic carbocycles. The van der Waals surface area contributed by atoms with Crippen molar-refractivity contribution < 1.29 is 19.3 Å². The van der Waals surface area contributed by atoms with Gasteiger partial charge in [-0.1, -0.05) is 42.1 Å². The van der Waals surface area contributed by atoms with Crippen molar-refractivity contribution in [3.63, 3.8) is 0 Å². The average molecular weight is 476 g/mol. The van der Waals surface area contributed by atoms with Crippen LogP contribution in [-0.2, 0) is 16.1 Å². The summed E-state index contributed by atoms with van der Waals surface area (Å²) in [6, 6.07) is 9.82. The van der Waals surface area contributed by atoms with E-state index in [1.807, 2.05) is 0 Å². The normalized spacial score (nSPS) is 20.2. The van der Waals surface area contributed by atoms with Crippen LogP contribution in [0.25, 0.3) is 0 Å². The first-order valence-electron chi connectivity index (χ1n) is 10.2. The Morgan fingerprint density at radius 3 is 2.12 bits per heavy atom. The Kier molecular flexibility index (Phi) is 6.17. The molecule has 0 N–H and O–H groups in total. The molecule has 0 spiro atoms. The second-order valence-corrected chi connectivity index (χ2v) is 8.72. The van der Waals surface area contributed by atoms with Gasteiger partial charge in [0.05, 0.1) is 33.3 Å². The highest BCUT2D eigenvalue weighted by atomic mass is 35.5. The number of nitrogens with zero attached hydrogens (tertiary/aromatic N) is 3. The van der Waals surface area contributed by atoms with Gasteiger partial charge >= 0.3 is 0 Å². The number of hydrogen-bond acceptors (Lipinski definition) is 5. The highest BCUT2D eigenvalue weighted by Gasteiger charge is 2.51. The molecule has 2 atom stereocenters. The van der Waals surface area contributed by atoms with Crippen molar-refractivity contribution in [2.75, 3.05) is 0 Å². The van der Waals surface area contributed by atoms with Gasteiger partial charge in [-0.05, 0) is 42.7 Å². The van der Waals surface area contributed by atoms with Crippen LogP contribution in [0.2, 0.25) is 10.0 Å². The number of nitro groups is 1. The van der Waals surface area contributed by atoms with Gasteiger partial charge in [0.25, 0.3) is 23.4 Å². The van der Waals surface area contributed by atoms with Crippen LogP contribution in [0.3, 0.4) is 0 Å². The molecule has 3 amide bonds. The zero-order chi connectivity index (χ0) is 23.0. The van der Waals surface area contributed by atoms with Crippen LogP contribution in [0.15, 0.2) is 42.5 Å². The molecular formula is C22H19Cl2N3O5. The van der Waals surface area contributed by atoms with E-state index in [2.05, 4.69) is 0 Å². The number of nitro benzene ring substituents is 1. The lowest BCUT2D eigenvalue weighted by Gasteiger charge is -2.30. The molecule has 166 valence electrons. The van der Waals surface area contributed by atoms with Gasteiger partial charge < -0.3 is 0 Å². The summed E-state index contributed by atoms with van der Waals surface area (Å²) in [5.41, 5.74) is 0.521. The van der Waals surface area contributed by atoms with E-state index in [0.717, 1.165) is 22.9 Å². The largest absolute Gasteiger partial charge is 0.273 e. The van der Waals surface area contributed by atoms with E-state index in [1.165, 1.54) is 24.3 Å². The van der Waals surface area contributed by atoms with Gasteiger partial charge in [0.2, 0.25) is 0 Å². The number of non-ortho nitro benzene ring substituents is 1. The highest BCUT2D eigenvalue weighted by molar-refractivity contribution is 6.42. The summed E-state index contributed by atoms with van der Waals surface area (Å²) in [5, 5.41) is 13.6. The second-order valence-electron chi connectivity index (χ2n) is 7.90. The zero-order valence-corrected chi connectivity index (χ0v) is 18.4. The molecule has 4 rings (SSSR count). The Bertz CT molecular complexity index is 1080. The maximum Gasteiger partial charge on any atom is 0.273 e. The third kappa shape index (κ3) is 4.08. The van der Waals surface area contributed by atoms with Crippen molar-refractivity contribution >= 4 is 46.6 Å². The minimum absolute atomic E-state index is 0.0936. The van der Waals surface area contributed by atoms with Crippen LogP contribution in [0, 0.1) is 22.0 Å². The van der Waals surface area contributed by atoms with Crippen LogP contribution in [0.5, 0.6) is 0 Å². The molecule has 1 aliphatic heterocycles. The molecule has 2 aromatic carbocycles. The Balaban J connectivity index is 1.71. The standard InChI is InChI=1S/C22H19Cl2N3O5/c23-18-10-5-13(11-19(18)24)12-25(20(28)14-6-8-15(9-7-14)27(31)32)26-21(29)16-3-1-2-4-17(16)22(26)30/h5-11,16-17H,1-4,12H2/t16-,17+. The fourth-order valence-electron chi connectivity index (χ4n) is 4.30. The number of carbonyl (C=O) groups excluding carboxylic acids is 3. The number of hydrogen-bond donors (Lipinski definition) is 0. The fourth-order valence-corrected chi connectivity index (χ4v) is 4.62. The van der Waals surface area contributed by atoms with Gasteiger partial charge in [-0.3, -0.25) is 24.5 Å². The molecule has 2 fully saturated rings. The monoisotopic (exact) mass is 475 g/mol. The van der Waals surface area contributed by atoms with Crippen molar-refractivity contribution in [1.82, 2.24) is 10.0 Å². The number of hydrazine groups is 1. The molecule has 2 aromatic rings. The van der Waals surface area contributed by atoms with E-state index in [-0.39, 0.29) is 22.8 Å². The van der Waals surface area contributed by atoms with Gasteiger partial charge in [-0.25, -0.2) is 5.01 Å². The molecule has 1 saturated heterocycles. The van der Waals surface area contributed by atoms with E-state index in [9.17, 15) is 24.5 Å². The van der Waals surface area contributed by atoms with E-state index < -0.39 is 34.5 Å². The van der Waals surface area contributed by atoms with Gasteiger partial charge in [0, 0.05) is 17.7 Å². The van der Waals surface area contributed by atoms with Crippen LogP contribution >= 0.6 is 23.2 Å². The number of carbonyl (C=O) groups is 3. The third-order valence-electron chi connectivity index (χ3n) is 5.94. The van der Waals surface area contributed by atoms with Crippen molar-refractivity contribution in [3.8, 4) is 0 Å². The molecule has 1 saturated carbocycles. The van der Waals surface area contributed by atoms with Crippen molar-refractivity contribution in [3.05, 3.63) is 73.8 Å². The van der Waals surface area contributed by atoms with Crippen molar-refractivity contribution in [1.29, 1.82) is 0 Å². The third-order valence-corrected chi connectivity index (χ3v) is 6.67. The molecule has 2 aliphatic rings. The molecular weight excluding hydrogens is 457 g/mol. The van der Waals surface area contributed by atoms with E-state index >= 15 is 0 Å².